The molecule has 5 rings (SSSR count). The first kappa shape index (κ1) is 25.8. The highest BCUT2D eigenvalue weighted by atomic mass is 16.6. The highest BCUT2D eigenvalue weighted by molar-refractivity contribution is 5.90. The molecule has 0 radical (unpaired) electrons. The topological polar surface area (TPSA) is 66.8 Å². The summed E-state index contributed by atoms with van der Waals surface area (Å²) in [6, 6.07) is 0. The molecule has 0 unspecified atom stereocenters. The zero-order valence-electron chi connectivity index (χ0n) is 22.9. The number of aliphatic hydroxyl groups is 2. The van der Waals surface area contributed by atoms with Crippen molar-refractivity contribution >= 4 is 5.97 Å². The van der Waals surface area contributed by atoms with Crippen molar-refractivity contribution in [2.24, 2.45) is 46.3 Å². The van der Waals surface area contributed by atoms with Crippen molar-refractivity contribution in [3.8, 4) is 0 Å². The summed E-state index contributed by atoms with van der Waals surface area (Å²) in [5.41, 5.74) is -1.65. The van der Waals surface area contributed by atoms with Gasteiger partial charge in [-0.3, -0.25) is 0 Å². The minimum Gasteiger partial charge on any atom is -0.452 e. The summed E-state index contributed by atoms with van der Waals surface area (Å²) in [5, 5.41) is 23.1. The predicted octanol–water partition coefficient (Wildman–Crippen LogP) is 6.44. The summed E-state index contributed by atoms with van der Waals surface area (Å²) < 4.78 is 6.17. The van der Waals surface area contributed by atoms with Crippen LogP contribution in [0.4, 0.5) is 0 Å². The summed E-state index contributed by atoms with van der Waals surface area (Å²) >= 11 is 0. The molecule has 0 bridgehead atoms. The van der Waals surface area contributed by atoms with Gasteiger partial charge in [0.15, 0.2) is 0 Å². The lowest BCUT2D eigenvalue weighted by Crippen LogP contribution is -2.74. The number of carbonyl (C=O) groups is 1. The third-order valence-electron chi connectivity index (χ3n) is 12.3. The predicted molar refractivity (Wildman–Crippen MR) is 138 cm³/mol. The van der Waals surface area contributed by atoms with Crippen molar-refractivity contribution in [2.45, 2.75) is 129 Å². The molecule has 4 nitrogen and oxygen atoms in total. The van der Waals surface area contributed by atoms with Crippen LogP contribution in [0.15, 0.2) is 12.2 Å². The molecule has 4 heteroatoms. The molecule has 10 atom stereocenters. The van der Waals surface area contributed by atoms with Crippen LogP contribution in [0.1, 0.15) is 112 Å². The highest BCUT2D eigenvalue weighted by Crippen LogP contribution is 2.72. The fourth-order valence-corrected chi connectivity index (χ4v) is 10.5. The Morgan fingerprint density at radius 3 is 2.43 bits per heavy atom. The van der Waals surface area contributed by atoms with Gasteiger partial charge in [0, 0.05) is 23.8 Å². The molecule has 5 aliphatic rings. The van der Waals surface area contributed by atoms with Crippen molar-refractivity contribution < 1.29 is 19.7 Å². The Morgan fingerprint density at radius 1 is 1.03 bits per heavy atom. The highest BCUT2D eigenvalue weighted by Gasteiger charge is 2.75. The van der Waals surface area contributed by atoms with Crippen LogP contribution in [0.5, 0.6) is 0 Å². The van der Waals surface area contributed by atoms with Crippen LogP contribution in [-0.4, -0.2) is 33.5 Å². The van der Waals surface area contributed by atoms with Crippen molar-refractivity contribution in [1.29, 1.82) is 0 Å². The fourth-order valence-electron chi connectivity index (χ4n) is 10.5. The zero-order valence-corrected chi connectivity index (χ0v) is 22.9. The molecule has 0 aromatic carbocycles. The largest absolute Gasteiger partial charge is 0.452 e. The molecule has 0 amide bonds. The van der Waals surface area contributed by atoms with Gasteiger partial charge in [-0.25, -0.2) is 4.79 Å². The second-order valence-electron chi connectivity index (χ2n) is 14.4. The summed E-state index contributed by atoms with van der Waals surface area (Å²) in [4.78, 5) is 12.7. The third kappa shape index (κ3) is 3.62. The molecule has 0 aromatic rings. The number of aliphatic hydroxyl groups excluding tert-OH is 1. The van der Waals surface area contributed by atoms with Crippen LogP contribution in [-0.2, 0) is 9.53 Å². The summed E-state index contributed by atoms with van der Waals surface area (Å²) in [7, 11) is 0. The minimum absolute atomic E-state index is 0.310. The first-order valence-corrected chi connectivity index (χ1v) is 14.7. The first-order chi connectivity index (χ1) is 16.4. The molecule has 35 heavy (non-hydrogen) atoms. The van der Waals surface area contributed by atoms with Gasteiger partial charge in [-0.2, -0.15) is 0 Å². The zero-order chi connectivity index (χ0) is 25.4. The number of ether oxygens (including phenoxy) is 1. The van der Waals surface area contributed by atoms with E-state index in [-0.39, 0.29) is 11.4 Å². The Labute approximate surface area is 213 Å². The van der Waals surface area contributed by atoms with E-state index in [9.17, 15) is 15.0 Å². The first-order valence-electron chi connectivity index (χ1n) is 14.7. The standard InChI is InChI=1S/C31H50O4/c1-19(2)8-7-9-20(3)24-10-11-25-23-18-30(16-21(4)27(33)35-30)31(34)17-22(32)12-15-29(31,6)26(23)13-14-28(24,25)5/h19-20,22-26,32,34H,4,7-18H2,1-3,5-6H3/t20-,22+,23+,24-,25+,26+,28-,29-,30-,31-/m1/s1. The smallest absolute Gasteiger partial charge is 0.334 e. The fraction of sp³-hybridized carbons (Fsp3) is 0.903. The van der Waals surface area contributed by atoms with E-state index in [0.717, 1.165) is 43.4 Å². The molecule has 1 saturated heterocycles. The van der Waals surface area contributed by atoms with E-state index >= 15 is 0 Å². The maximum atomic E-state index is 12.7. The van der Waals surface area contributed by atoms with E-state index in [1.165, 1.54) is 38.5 Å². The lowest BCUT2D eigenvalue weighted by molar-refractivity contribution is -0.302. The maximum Gasteiger partial charge on any atom is 0.334 e. The van der Waals surface area contributed by atoms with Crippen molar-refractivity contribution in [2.75, 3.05) is 0 Å². The molecule has 198 valence electrons. The Kier molecular flexibility index (Phi) is 6.32. The van der Waals surface area contributed by atoms with Gasteiger partial charge in [-0.1, -0.05) is 60.5 Å². The molecule has 2 N–H and O–H groups in total. The van der Waals surface area contributed by atoms with E-state index < -0.39 is 17.3 Å². The number of fused-ring (bicyclic) bond motifs is 6. The van der Waals surface area contributed by atoms with Gasteiger partial charge in [0.2, 0.25) is 0 Å². The molecule has 1 aliphatic heterocycles. The third-order valence-corrected chi connectivity index (χ3v) is 12.3. The van der Waals surface area contributed by atoms with E-state index in [4.69, 9.17) is 4.74 Å². The van der Waals surface area contributed by atoms with Gasteiger partial charge in [0.05, 0.1) is 6.10 Å². The van der Waals surface area contributed by atoms with Gasteiger partial charge in [-0.15, -0.1) is 0 Å². The Bertz CT molecular complexity index is 848. The van der Waals surface area contributed by atoms with Gasteiger partial charge in [-0.05, 0) is 85.9 Å². The van der Waals surface area contributed by atoms with Gasteiger partial charge >= 0.3 is 5.97 Å². The molecule has 4 saturated carbocycles. The van der Waals surface area contributed by atoms with Gasteiger partial charge in [0.25, 0.3) is 0 Å². The van der Waals surface area contributed by atoms with E-state index in [1.54, 1.807) is 0 Å². The second-order valence-corrected chi connectivity index (χ2v) is 14.4. The quantitative estimate of drug-likeness (QED) is 0.347. The normalized spacial score (nSPS) is 50.1. The number of carbonyl (C=O) groups excluding carboxylic acids is 1. The molecular formula is C31H50O4. The molecule has 4 aliphatic carbocycles. The van der Waals surface area contributed by atoms with Crippen LogP contribution >= 0.6 is 0 Å². The minimum atomic E-state index is -1.19. The second kappa shape index (κ2) is 8.58. The number of hydrogen-bond donors (Lipinski definition) is 2. The van der Waals surface area contributed by atoms with Crippen LogP contribution in [0.25, 0.3) is 0 Å². The number of rotatable bonds is 5. The SMILES string of the molecule is C=C1C[C@]2(C[C@H]3[C@@H]4CC[C@H]([C@H](C)CCCC(C)C)[C@@]4(C)CC[C@@H]3[C@@]3(C)CC[C@H](O)C[C@]23O)OC1=O. The average molecular weight is 487 g/mol. The summed E-state index contributed by atoms with van der Waals surface area (Å²) in [5.74, 6) is 3.45. The van der Waals surface area contributed by atoms with Crippen molar-refractivity contribution in [1.82, 2.24) is 0 Å². The lowest BCUT2D eigenvalue weighted by Gasteiger charge is -2.68. The Balaban J connectivity index is 1.46. The molecule has 5 fully saturated rings. The van der Waals surface area contributed by atoms with Crippen LogP contribution < -0.4 is 0 Å². The van der Waals surface area contributed by atoms with Gasteiger partial charge in [0.1, 0.15) is 11.2 Å². The van der Waals surface area contributed by atoms with Crippen LogP contribution in [0.2, 0.25) is 0 Å². The monoisotopic (exact) mass is 486 g/mol. The Hall–Kier alpha value is -0.870. The lowest BCUT2D eigenvalue weighted by atomic mass is 9.39. The summed E-state index contributed by atoms with van der Waals surface area (Å²) in [6.07, 6.45) is 11.4. The molecule has 0 aromatic heterocycles. The van der Waals surface area contributed by atoms with Gasteiger partial charge < -0.3 is 14.9 Å². The molecule has 1 spiro atoms. The number of esters is 1. The van der Waals surface area contributed by atoms with Crippen LogP contribution in [0, 0.1) is 46.3 Å². The van der Waals surface area contributed by atoms with Crippen molar-refractivity contribution in [3.63, 3.8) is 0 Å². The van der Waals surface area contributed by atoms with E-state index in [2.05, 4.69) is 41.2 Å². The average Bonchev–Trinajstić information content (AvgIpc) is 3.27. The maximum absolute atomic E-state index is 12.7. The number of hydrogen-bond acceptors (Lipinski definition) is 4. The van der Waals surface area contributed by atoms with Crippen molar-refractivity contribution in [3.05, 3.63) is 12.2 Å². The van der Waals surface area contributed by atoms with E-state index in [0.29, 0.717) is 41.6 Å². The van der Waals surface area contributed by atoms with Crippen LogP contribution in [0.3, 0.4) is 0 Å². The molecule has 1 heterocycles. The summed E-state index contributed by atoms with van der Waals surface area (Å²) in [6.45, 7) is 16.0. The molecular weight excluding hydrogens is 436 g/mol. The Morgan fingerprint density at radius 2 is 1.77 bits per heavy atom. The van der Waals surface area contributed by atoms with E-state index in [1.807, 2.05) is 0 Å².